The van der Waals surface area contributed by atoms with Crippen LogP contribution in [0.5, 0.6) is 5.75 Å². The molecule has 220 valence electrons. The van der Waals surface area contributed by atoms with E-state index in [4.69, 9.17) is 5.73 Å². The number of hydrogen-bond donors (Lipinski definition) is 6. The van der Waals surface area contributed by atoms with Crippen molar-refractivity contribution in [3.8, 4) is 5.75 Å². The van der Waals surface area contributed by atoms with Crippen molar-refractivity contribution in [1.29, 1.82) is 0 Å². The van der Waals surface area contributed by atoms with E-state index in [0.29, 0.717) is 6.54 Å². The fourth-order valence-corrected chi connectivity index (χ4v) is 6.81. The Balaban J connectivity index is 1.59. The first-order valence-electron chi connectivity index (χ1n) is 13.6. The lowest BCUT2D eigenvalue weighted by molar-refractivity contribution is -0.148. The molecule has 4 atom stereocenters. The number of likely N-dealkylation sites (N-methyl/N-ethyl adjacent to an activating group) is 1. The Labute approximate surface area is 234 Å². The van der Waals surface area contributed by atoms with Gasteiger partial charge in [0.15, 0.2) is 17.1 Å². The highest BCUT2D eigenvalue weighted by Crippen LogP contribution is 2.53. The number of phenolic OH excluding ortho intramolecular Hbond substituents is 1. The second kappa shape index (κ2) is 10.2. The van der Waals surface area contributed by atoms with Crippen LogP contribution in [0.15, 0.2) is 28.7 Å². The van der Waals surface area contributed by atoms with Gasteiger partial charge in [0.2, 0.25) is 11.7 Å². The molecule has 0 spiro atoms. The molecule has 0 saturated carbocycles. The van der Waals surface area contributed by atoms with Crippen LogP contribution < -0.4 is 11.1 Å². The summed E-state index contributed by atoms with van der Waals surface area (Å²) in [5.41, 5.74) is 0.297. The third kappa shape index (κ3) is 4.30. The first kappa shape index (κ1) is 28.7. The van der Waals surface area contributed by atoms with E-state index in [1.807, 2.05) is 4.90 Å². The molecule has 0 bridgehead atoms. The Morgan fingerprint density at radius 2 is 1.88 bits per heavy atom. The highest BCUT2D eigenvalue weighted by Gasteiger charge is 2.63. The van der Waals surface area contributed by atoms with Crippen LogP contribution >= 0.6 is 0 Å². The number of nitrogens with one attached hydrogen (secondary N) is 1. The summed E-state index contributed by atoms with van der Waals surface area (Å²) in [4.78, 5) is 55.4. The van der Waals surface area contributed by atoms with Crippen LogP contribution in [0.1, 0.15) is 42.1 Å². The molecule has 13 heteroatoms. The van der Waals surface area contributed by atoms with Crippen molar-refractivity contribution >= 4 is 29.1 Å². The van der Waals surface area contributed by atoms with Gasteiger partial charge in [0.1, 0.15) is 22.9 Å². The highest BCUT2D eigenvalue weighted by atomic mass is 19.1. The second-order valence-electron chi connectivity index (χ2n) is 11.2. The number of likely N-dealkylation sites (tertiary alicyclic amines) is 1. The topological polar surface area (TPSA) is 194 Å². The summed E-state index contributed by atoms with van der Waals surface area (Å²) in [6.45, 7) is 3.52. The van der Waals surface area contributed by atoms with Gasteiger partial charge in [0.05, 0.1) is 23.8 Å². The summed E-state index contributed by atoms with van der Waals surface area (Å²) in [5.74, 6) is -9.58. The van der Waals surface area contributed by atoms with E-state index in [0.717, 1.165) is 32.0 Å². The molecule has 1 aromatic rings. The maximum absolute atomic E-state index is 15.4. The number of aliphatic hydroxyl groups excluding tert-OH is 2. The second-order valence-corrected chi connectivity index (χ2v) is 11.2. The number of amides is 2. The molecule has 1 fully saturated rings. The van der Waals surface area contributed by atoms with Gasteiger partial charge < -0.3 is 31.5 Å². The Hall–Kier alpha value is -3.81. The third-order valence-corrected chi connectivity index (χ3v) is 8.93. The number of aromatic hydroxyl groups is 1. The fraction of sp³-hybridized carbons (Fsp3) is 0.500. The number of carbonyl (C=O) groups excluding carboxylic acids is 4. The van der Waals surface area contributed by atoms with Crippen molar-refractivity contribution in [2.75, 3.05) is 38.5 Å². The molecule has 4 aliphatic rings. The van der Waals surface area contributed by atoms with Crippen molar-refractivity contribution in [2.24, 2.45) is 17.6 Å². The van der Waals surface area contributed by atoms with Gasteiger partial charge in [-0.3, -0.25) is 29.0 Å². The quantitative estimate of drug-likeness (QED) is 0.209. The Morgan fingerprint density at radius 3 is 2.49 bits per heavy atom. The molecule has 3 aliphatic carbocycles. The van der Waals surface area contributed by atoms with Crippen molar-refractivity contribution in [2.45, 2.75) is 44.2 Å². The van der Waals surface area contributed by atoms with Gasteiger partial charge in [-0.25, -0.2) is 4.39 Å². The highest BCUT2D eigenvalue weighted by molar-refractivity contribution is 6.25. The van der Waals surface area contributed by atoms with E-state index in [2.05, 4.69) is 5.32 Å². The molecule has 7 N–H and O–H groups in total. The van der Waals surface area contributed by atoms with Gasteiger partial charge in [0.25, 0.3) is 5.91 Å². The number of benzene rings is 1. The predicted molar refractivity (Wildman–Crippen MR) is 143 cm³/mol. The number of phenols is 1. The van der Waals surface area contributed by atoms with Gasteiger partial charge >= 0.3 is 0 Å². The number of allylic oxidation sites excluding steroid dienone is 1. The van der Waals surface area contributed by atoms with Gasteiger partial charge in [-0.1, -0.05) is 6.92 Å². The summed E-state index contributed by atoms with van der Waals surface area (Å²) in [5, 5.41) is 47.5. The molecule has 5 rings (SSSR count). The average Bonchev–Trinajstić information content (AvgIpc) is 3.41. The monoisotopic (exact) mass is 572 g/mol. The number of Topliss-reactive ketones (excluding diaryl/α,β-unsaturated/α-hetero) is 2. The van der Waals surface area contributed by atoms with Gasteiger partial charge in [-0.2, -0.15) is 0 Å². The van der Waals surface area contributed by atoms with Crippen molar-refractivity contribution < 1.29 is 44.0 Å². The summed E-state index contributed by atoms with van der Waals surface area (Å²) >= 11 is 0. The number of primary amides is 1. The molecule has 1 saturated heterocycles. The lowest BCUT2D eigenvalue weighted by Gasteiger charge is -2.50. The lowest BCUT2D eigenvalue weighted by atomic mass is 9.58. The SMILES string of the molecule is CCN(C)[C@@H]1C(O)=C(C(N)=O)C(=O)[C@@]2(O)C(O)=C3C(=O)c4c(O)c(NC(=O)CN5CCCC5)cc(F)c4C[C@H]3C[C@@H]12. The predicted octanol–water partition coefficient (Wildman–Crippen LogP) is 0.684. The molecule has 1 aromatic carbocycles. The number of halogens is 1. The molecule has 1 heterocycles. The molecule has 0 aromatic heterocycles. The summed E-state index contributed by atoms with van der Waals surface area (Å²) < 4.78 is 15.4. The number of carbonyl (C=O) groups is 4. The Bertz CT molecular complexity index is 1430. The van der Waals surface area contributed by atoms with E-state index < -0.39 is 86.7 Å². The van der Waals surface area contributed by atoms with Crippen LogP contribution in [0.2, 0.25) is 0 Å². The molecule has 1 aliphatic heterocycles. The van der Waals surface area contributed by atoms with Crippen LogP contribution in [-0.4, -0.2) is 98.5 Å². The average molecular weight is 573 g/mol. The maximum Gasteiger partial charge on any atom is 0.255 e. The van der Waals surface area contributed by atoms with Crippen LogP contribution in [0.4, 0.5) is 10.1 Å². The van der Waals surface area contributed by atoms with Gasteiger partial charge in [0, 0.05) is 23.1 Å². The van der Waals surface area contributed by atoms with Crippen molar-refractivity contribution in [3.63, 3.8) is 0 Å². The number of anilines is 1. The Morgan fingerprint density at radius 1 is 1.22 bits per heavy atom. The van der Waals surface area contributed by atoms with Gasteiger partial charge in [-0.15, -0.1) is 0 Å². The number of ketones is 2. The molecule has 12 nitrogen and oxygen atoms in total. The smallest absolute Gasteiger partial charge is 0.255 e. The van der Waals surface area contributed by atoms with Crippen LogP contribution in [0.3, 0.4) is 0 Å². The van der Waals surface area contributed by atoms with Crippen LogP contribution in [-0.2, 0) is 20.8 Å². The van der Waals surface area contributed by atoms with Crippen LogP contribution in [0.25, 0.3) is 0 Å². The molecular formula is C28H33FN4O8. The number of fused-ring (bicyclic) bond motifs is 3. The standard InChI is InChI=1S/C28H33FN4O8/c1-3-32(2)21-14-9-12-8-13-15(29)10-16(31-17(34)11-33-6-4-5-7-33)22(35)19(13)23(36)18(12)25(38)28(14,41)26(39)20(24(21)37)27(30)40/h10,12,14,21,35,37-38,41H,3-9,11H2,1-2H3,(H2,30,40)(H,31,34)/t12-,14-,21-,28-/m0/s1. The van der Waals surface area contributed by atoms with E-state index >= 15 is 4.39 Å². The molecular weight excluding hydrogens is 539 g/mol. The number of hydrogen-bond acceptors (Lipinski definition) is 10. The summed E-state index contributed by atoms with van der Waals surface area (Å²) in [7, 11) is 1.57. The zero-order valence-corrected chi connectivity index (χ0v) is 22.7. The zero-order chi connectivity index (χ0) is 30.0. The largest absolute Gasteiger partial charge is 0.510 e. The first-order valence-corrected chi connectivity index (χ1v) is 13.6. The molecule has 2 amide bonds. The van der Waals surface area contributed by atoms with Crippen LogP contribution in [0, 0.1) is 17.7 Å². The minimum Gasteiger partial charge on any atom is -0.510 e. The van der Waals surface area contributed by atoms with Crippen molar-refractivity contribution in [3.05, 3.63) is 45.7 Å². The first-order chi connectivity index (χ1) is 19.3. The zero-order valence-electron chi connectivity index (χ0n) is 22.7. The van der Waals surface area contributed by atoms with E-state index in [1.54, 1.807) is 18.9 Å². The normalized spacial score (nSPS) is 28.1. The number of rotatable bonds is 6. The number of nitrogens with zero attached hydrogens (tertiary/aromatic N) is 2. The lowest BCUT2D eigenvalue weighted by Crippen LogP contribution is -2.64. The molecule has 0 radical (unpaired) electrons. The fourth-order valence-electron chi connectivity index (χ4n) is 6.81. The van der Waals surface area contributed by atoms with E-state index in [9.17, 15) is 39.6 Å². The van der Waals surface area contributed by atoms with Crippen molar-refractivity contribution in [1.82, 2.24) is 9.80 Å². The Kier molecular flexibility index (Phi) is 7.16. The summed E-state index contributed by atoms with van der Waals surface area (Å²) in [6, 6.07) is -0.195. The summed E-state index contributed by atoms with van der Waals surface area (Å²) in [6.07, 6.45) is 1.56. The van der Waals surface area contributed by atoms with E-state index in [1.165, 1.54) is 0 Å². The molecule has 41 heavy (non-hydrogen) atoms. The minimum atomic E-state index is -2.79. The number of nitrogens with two attached hydrogens (primary N) is 1. The van der Waals surface area contributed by atoms with Gasteiger partial charge in [-0.05, 0) is 58.3 Å². The maximum atomic E-state index is 15.4. The van der Waals surface area contributed by atoms with E-state index in [-0.39, 0.29) is 30.6 Å². The number of aliphatic hydroxyl groups is 3. The molecule has 0 unspecified atom stereocenters. The third-order valence-electron chi connectivity index (χ3n) is 8.93. The minimum absolute atomic E-state index is 0.0204.